The lowest BCUT2D eigenvalue weighted by Gasteiger charge is -2.24. The fourth-order valence-electron chi connectivity index (χ4n) is 2.33. The summed E-state index contributed by atoms with van der Waals surface area (Å²) in [6.07, 6.45) is 1.32. The van der Waals surface area contributed by atoms with Crippen LogP contribution in [0.15, 0.2) is 35.6 Å². The number of ether oxygens (including phenoxy) is 1. The Bertz CT molecular complexity index is 669. The van der Waals surface area contributed by atoms with Gasteiger partial charge in [-0.25, -0.2) is 9.37 Å². The van der Waals surface area contributed by atoms with Crippen LogP contribution < -0.4 is 5.32 Å². The van der Waals surface area contributed by atoms with E-state index in [9.17, 15) is 4.39 Å². The van der Waals surface area contributed by atoms with Crippen molar-refractivity contribution in [1.82, 2.24) is 25.0 Å². The van der Waals surface area contributed by atoms with Gasteiger partial charge in [-0.1, -0.05) is 12.1 Å². The second-order valence-electron chi connectivity index (χ2n) is 5.36. The van der Waals surface area contributed by atoms with Crippen LogP contribution in [0.4, 0.5) is 4.39 Å². The molecule has 1 aromatic carbocycles. The molecule has 7 nitrogen and oxygen atoms in total. The molecule has 1 heterocycles. The van der Waals surface area contributed by atoms with Crippen molar-refractivity contribution in [2.45, 2.75) is 12.6 Å². The van der Waals surface area contributed by atoms with Gasteiger partial charge in [-0.2, -0.15) is 5.10 Å². The van der Waals surface area contributed by atoms with Crippen LogP contribution in [0.5, 0.6) is 0 Å². The van der Waals surface area contributed by atoms with Gasteiger partial charge in [0.05, 0.1) is 12.6 Å². The maximum absolute atomic E-state index is 13.0. The van der Waals surface area contributed by atoms with Crippen molar-refractivity contribution in [1.29, 1.82) is 0 Å². The summed E-state index contributed by atoms with van der Waals surface area (Å²) in [6.45, 7) is 1.09. The van der Waals surface area contributed by atoms with Crippen LogP contribution in [0.2, 0.25) is 0 Å². The second-order valence-corrected chi connectivity index (χ2v) is 5.36. The Labute approximate surface area is 141 Å². The number of nitrogens with zero attached hydrogens (tertiary/aromatic N) is 5. The van der Waals surface area contributed by atoms with Gasteiger partial charge in [-0.3, -0.25) is 9.67 Å². The molecule has 2 rings (SSSR count). The maximum atomic E-state index is 13.0. The highest BCUT2D eigenvalue weighted by molar-refractivity contribution is 5.79. The Kier molecular flexibility index (Phi) is 6.25. The van der Waals surface area contributed by atoms with E-state index in [0.29, 0.717) is 19.0 Å². The fraction of sp³-hybridized carbons (Fsp3) is 0.438. The Morgan fingerprint density at radius 1 is 1.42 bits per heavy atom. The molecule has 24 heavy (non-hydrogen) atoms. The third-order valence-corrected chi connectivity index (χ3v) is 3.73. The van der Waals surface area contributed by atoms with Gasteiger partial charge in [0.1, 0.15) is 18.0 Å². The summed E-state index contributed by atoms with van der Waals surface area (Å²) < 4.78 is 20.3. The fourth-order valence-corrected chi connectivity index (χ4v) is 2.33. The van der Waals surface area contributed by atoms with Crippen LogP contribution in [-0.2, 0) is 18.3 Å². The van der Waals surface area contributed by atoms with Gasteiger partial charge in [-0.05, 0) is 17.7 Å². The minimum absolute atomic E-state index is 0.203. The number of guanidine groups is 1. The first-order chi connectivity index (χ1) is 11.5. The van der Waals surface area contributed by atoms with E-state index in [0.717, 1.165) is 11.4 Å². The molecular formula is C16H23FN6O. The minimum Gasteiger partial charge on any atom is -0.375 e. The highest BCUT2D eigenvalue weighted by Crippen LogP contribution is 2.16. The molecule has 1 atom stereocenters. The molecule has 0 saturated heterocycles. The molecule has 0 amide bonds. The quantitative estimate of drug-likeness (QED) is 0.638. The molecule has 1 aromatic heterocycles. The second kappa shape index (κ2) is 8.39. The lowest BCUT2D eigenvalue weighted by Crippen LogP contribution is -2.41. The van der Waals surface area contributed by atoms with Gasteiger partial charge in [0.25, 0.3) is 0 Å². The number of benzene rings is 1. The van der Waals surface area contributed by atoms with Crippen LogP contribution in [0.3, 0.4) is 0 Å². The molecule has 0 aliphatic heterocycles. The Morgan fingerprint density at radius 3 is 2.67 bits per heavy atom. The molecule has 1 unspecified atom stereocenters. The average molecular weight is 334 g/mol. The van der Waals surface area contributed by atoms with Crippen LogP contribution in [0.1, 0.15) is 17.5 Å². The molecule has 0 saturated carbocycles. The van der Waals surface area contributed by atoms with E-state index in [2.05, 4.69) is 20.4 Å². The van der Waals surface area contributed by atoms with Crippen LogP contribution >= 0.6 is 0 Å². The molecule has 0 aliphatic carbocycles. The van der Waals surface area contributed by atoms with Crippen molar-refractivity contribution in [3.63, 3.8) is 0 Å². The number of aromatic nitrogens is 3. The zero-order valence-electron chi connectivity index (χ0n) is 14.4. The monoisotopic (exact) mass is 334 g/mol. The van der Waals surface area contributed by atoms with E-state index < -0.39 is 0 Å². The van der Waals surface area contributed by atoms with Crippen molar-refractivity contribution in [3.8, 4) is 0 Å². The number of methoxy groups -OCH3 is 1. The van der Waals surface area contributed by atoms with Gasteiger partial charge in [0, 0.05) is 34.8 Å². The molecule has 0 radical (unpaired) electrons. The summed E-state index contributed by atoms with van der Waals surface area (Å²) in [5, 5.41) is 7.32. The van der Waals surface area contributed by atoms with E-state index in [1.165, 1.54) is 18.5 Å². The van der Waals surface area contributed by atoms with Crippen molar-refractivity contribution in [2.75, 3.05) is 27.7 Å². The number of nitrogens with one attached hydrogen (secondary N) is 1. The Hall–Kier alpha value is -2.48. The van der Waals surface area contributed by atoms with Gasteiger partial charge in [-0.15, -0.1) is 0 Å². The zero-order chi connectivity index (χ0) is 17.5. The van der Waals surface area contributed by atoms with E-state index in [-0.39, 0.29) is 11.9 Å². The number of rotatable bonds is 6. The average Bonchev–Trinajstić information content (AvgIpc) is 2.98. The van der Waals surface area contributed by atoms with Crippen LogP contribution in [0, 0.1) is 5.82 Å². The summed E-state index contributed by atoms with van der Waals surface area (Å²) in [4.78, 5) is 10.4. The van der Waals surface area contributed by atoms with Crippen molar-refractivity contribution in [3.05, 3.63) is 47.8 Å². The molecule has 8 heteroatoms. The van der Waals surface area contributed by atoms with Gasteiger partial charge in [0.2, 0.25) is 0 Å². The molecule has 2 aromatic rings. The largest absolute Gasteiger partial charge is 0.375 e. The lowest BCUT2D eigenvalue weighted by molar-refractivity contribution is 0.106. The Balaban J connectivity index is 1.96. The summed E-state index contributed by atoms with van der Waals surface area (Å²) in [7, 11) is 7.11. The lowest BCUT2D eigenvalue weighted by atomic mass is 10.1. The van der Waals surface area contributed by atoms with Crippen LogP contribution in [-0.4, -0.2) is 53.4 Å². The van der Waals surface area contributed by atoms with Crippen molar-refractivity contribution < 1.29 is 9.13 Å². The van der Waals surface area contributed by atoms with E-state index in [1.807, 2.05) is 19.0 Å². The van der Waals surface area contributed by atoms with Gasteiger partial charge >= 0.3 is 0 Å². The molecule has 0 bridgehead atoms. The first-order valence-corrected chi connectivity index (χ1v) is 7.58. The normalized spacial score (nSPS) is 13.0. The summed E-state index contributed by atoms with van der Waals surface area (Å²) >= 11 is 0. The molecule has 0 spiro atoms. The van der Waals surface area contributed by atoms with Gasteiger partial charge in [0.15, 0.2) is 5.96 Å². The predicted molar refractivity (Wildman–Crippen MR) is 90.0 cm³/mol. The number of aliphatic imine (C=N–C) groups is 1. The molecule has 0 fully saturated rings. The summed E-state index contributed by atoms with van der Waals surface area (Å²) in [5.41, 5.74) is 0.901. The van der Waals surface area contributed by atoms with E-state index >= 15 is 0 Å². The molecular weight excluding hydrogens is 311 g/mol. The standard InChI is InChI=1S/C16H23FN6O/c1-18-16(22(2)10-15-20-11-21-23(15)3)19-9-14(24-4)12-5-7-13(17)8-6-12/h5-8,11,14H,9-10H2,1-4H3,(H,18,19). The number of halogens is 1. The number of hydrogen-bond acceptors (Lipinski definition) is 4. The number of aryl methyl sites for hydroxylation is 1. The maximum Gasteiger partial charge on any atom is 0.193 e. The topological polar surface area (TPSA) is 67.6 Å². The highest BCUT2D eigenvalue weighted by Gasteiger charge is 2.14. The predicted octanol–water partition coefficient (Wildman–Crippen LogP) is 1.35. The van der Waals surface area contributed by atoms with Gasteiger partial charge < -0.3 is 15.0 Å². The highest BCUT2D eigenvalue weighted by atomic mass is 19.1. The van der Waals surface area contributed by atoms with Crippen molar-refractivity contribution in [2.24, 2.45) is 12.0 Å². The summed E-state index contributed by atoms with van der Waals surface area (Å²) in [6, 6.07) is 6.29. The first kappa shape index (κ1) is 17.9. The molecule has 1 N–H and O–H groups in total. The smallest absolute Gasteiger partial charge is 0.193 e. The minimum atomic E-state index is -0.263. The summed E-state index contributed by atoms with van der Waals surface area (Å²) in [5.74, 6) is 1.28. The first-order valence-electron chi connectivity index (χ1n) is 7.58. The SMILES string of the molecule is CN=C(NCC(OC)c1ccc(F)cc1)N(C)Cc1ncnn1C. The third-order valence-electron chi connectivity index (χ3n) is 3.73. The molecule has 130 valence electrons. The van der Waals surface area contributed by atoms with Crippen LogP contribution in [0.25, 0.3) is 0 Å². The Morgan fingerprint density at radius 2 is 2.12 bits per heavy atom. The molecule has 0 aliphatic rings. The van der Waals surface area contributed by atoms with E-state index in [4.69, 9.17) is 4.74 Å². The third kappa shape index (κ3) is 4.51. The zero-order valence-corrected chi connectivity index (χ0v) is 14.4. The van der Waals surface area contributed by atoms with E-state index in [1.54, 1.807) is 31.0 Å². The number of hydrogen-bond donors (Lipinski definition) is 1. The van der Waals surface area contributed by atoms with Crippen molar-refractivity contribution >= 4 is 5.96 Å².